The van der Waals surface area contributed by atoms with E-state index in [1.165, 1.54) is 17.7 Å². The number of carbonyl (C=O) groups is 3. The van der Waals surface area contributed by atoms with Crippen LogP contribution in [-0.4, -0.2) is 34.3 Å². The Kier molecular flexibility index (Phi) is 5.84. The topological polar surface area (TPSA) is 119 Å². The first-order chi connectivity index (χ1) is 14.2. The smallest absolute Gasteiger partial charge is 0.270 e. The molecule has 154 valence electrons. The standard InChI is InChI=1S/C20H17ClFN5O3/c1-10-25-16(18(23)28)17(20(30)24-2)27(10)13-6-4-12(5-7-13)26-19(29)14-8-3-11(22)9-15(14)21/h3-9H,1-2H3,(H2,23,28)(H,24,30)(H,26,29). The Labute approximate surface area is 175 Å². The van der Waals surface area contributed by atoms with Gasteiger partial charge in [0.05, 0.1) is 10.6 Å². The maximum absolute atomic E-state index is 13.2. The van der Waals surface area contributed by atoms with Gasteiger partial charge in [-0.25, -0.2) is 9.37 Å². The fourth-order valence-electron chi connectivity index (χ4n) is 2.91. The summed E-state index contributed by atoms with van der Waals surface area (Å²) in [4.78, 5) is 40.5. The highest BCUT2D eigenvalue weighted by Gasteiger charge is 2.25. The summed E-state index contributed by atoms with van der Waals surface area (Å²) < 4.78 is 14.6. The largest absolute Gasteiger partial charge is 0.364 e. The Morgan fingerprint density at radius 1 is 1.10 bits per heavy atom. The van der Waals surface area contributed by atoms with E-state index in [1.807, 2.05) is 0 Å². The van der Waals surface area contributed by atoms with Crippen LogP contribution in [0.4, 0.5) is 10.1 Å². The number of primary amides is 1. The number of rotatable bonds is 5. The Morgan fingerprint density at radius 3 is 2.33 bits per heavy atom. The molecule has 3 amide bonds. The molecule has 0 saturated heterocycles. The van der Waals surface area contributed by atoms with E-state index in [0.717, 1.165) is 12.1 Å². The van der Waals surface area contributed by atoms with Gasteiger partial charge >= 0.3 is 0 Å². The molecular weight excluding hydrogens is 413 g/mol. The lowest BCUT2D eigenvalue weighted by Crippen LogP contribution is -2.26. The fourth-order valence-corrected chi connectivity index (χ4v) is 3.17. The zero-order valence-corrected chi connectivity index (χ0v) is 16.7. The van der Waals surface area contributed by atoms with E-state index < -0.39 is 23.5 Å². The molecule has 3 aromatic rings. The van der Waals surface area contributed by atoms with Crippen LogP contribution < -0.4 is 16.4 Å². The Hall–Kier alpha value is -3.72. The number of hydrogen-bond donors (Lipinski definition) is 3. The predicted octanol–water partition coefficient (Wildman–Crippen LogP) is 2.68. The molecule has 0 fully saturated rings. The zero-order valence-electron chi connectivity index (χ0n) is 16.0. The molecule has 3 rings (SSSR count). The number of nitrogens with zero attached hydrogens (tertiary/aromatic N) is 2. The maximum atomic E-state index is 13.2. The van der Waals surface area contributed by atoms with Gasteiger partial charge in [-0.3, -0.25) is 19.0 Å². The number of aromatic nitrogens is 2. The minimum atomic E-state index is -0.824. The number of hydrogen-bond acceptors (Lipinski definition) is 4. The highest BCUT2D eigenvalue weighted by Crippen LogP contribution is 2.22. The van der Waals surface area contributed by atoms with Crippen molar-refractivity contribution < 1.29 is 18.8 Å². The van der Waals surface area contributed by atoms with Crippen molar-refractivity contribution in [2.24, 2.45) is 5.73 Å². The molecule has 0 aliphatic carbocycles. The zero-order chi connectivity index (χ0) is 22.0. The number of nitrogens with one attached hydrogen (secondary N) is 2. The summed E-state index contributed by atoms with van der Waals surface area (Å²) in [6.45, 7) is 1.63. The van der Waals surface area contributed by atoms with E-state index in [4.69, 9.17) is 17.3 Å². The molecule has 0 radical (unpaired) electrons. The van der Waals surface area contributed by atoms with Crippen LogP contribution in [0.25, 0.3) is 5.69 Å². The second-order valence-electron chi connectivity index (χ2n) is 6.26. The van der Waals surface area contributed by atoms with Gasteiger partial charge in [0.1, 0.15) is 17.3 Å². The van der Waals surface area contributed by atoms with E-state index in [2.05, 4.69) is 15.6 Å². The molecule has 0 spiro atoms. The van der Waals surface area contributed by atoms with Gasteiger partial charge < -0.3 is 16.4 Å². The molecule has 8 nitrogen and oxygen atoms in total. The van der Waals surface area contributed by atoms with Crippen LogP contribution in [0.5, 0.6) is 0 Å². The second kappa shape index (κ2) is 8.34. The minimum Gasteiger partial charge on any atom is -0.364 e. The van der Waals surface area contributed by atoms with Gasteiger partial charge in [-0.05, 0) is 49.4 Å². The molecule has 2 aromatic carbocycles. The van der Waals surface area contributed by atoms with Crippen molar-refractivity contribution in [1.29, 1.82) is 0 Å². The summed E-state index contributed by atoms with van der Waals surface area (Å²) in [7, 11) is 1.43. The normalized spacial score (nSPS) is 10.5. The molecule has 4 N–H and O–H groups in total. The van der Waals surface area contributed by atoms with Gasteiger partial charge in [-0.1, -0.05) is 11.6 Å². The molecule has 10 heteroatoms. The molecule has 0 unspecified atom stereocenters. The molecule has 1 aromatic heterocycles. The molecule has 0 aliphatic rings. The quantitative estimate of drug-likeness (QED) is 0.577. The molecule has 1 heterocycles. The monoisotopic (exact) mass is 429 g/mol. The van der Waals surface area contributed by atoms with Crippen LogP contribution >= 0.6 is 11.6 Å². The molecular formula is C20H17ClFN5O3. The van der Waals surface area contributed by atoms with Gasteiger partial charge in [0.2, 0.25) is 0 Å². The number of nitrogens with two attached hydrogens (primary N) is 1. The lowest BCUT2D eigenvalue weighted by Gasteiger charge is -2.12. The van der Waals surface area contributed by atoms with E-state index in [9.17, 15) is 18.8 Å². The summed E-state index contributed by atoms with van der Waals surface area (Å²) in [5.74, 6) is -2.01. The lowest BCUT2D eigenvalue weighted by atomic mass is 10.2. The van der Waals surface area contributed by atoms with Gasteiger partial charge in [-0.2, -0.15) is 0 Å². The van der Waals surface area contributed by atoms with Crippen LogP contribution in [0.1, 0.15) is 37.2 Å². The van der Waals surface area contributed by atoms with Crippen molar-refractivity contribution in [1.82, 2.24) is 14.9 Å². The third-order valence-corrected chi connectivity index (χ3v) is 4.59. The van der Waals surface area contributed by atoms with E-state index >= 15 is 0 Å². The van der Waals surface area contributed by atoms with Gasteiger partial charge in [-0.15, -0.1) is 0 Å². The van der Waals surface area contributed by atoms with Crippen molar-refractivity contribution in [2.75, 3.05) is 12.4 Å². The number of anilines is 1. The fraction of sp³-hybridized carbons (Fsp3) is 0.100. The van der Waals surface area contributed by atoms with Crippen LogP contribution in [0.15, 0.2) is 42.5 Å². The van der Waals surface area contributed by atoms with Crippen molar-refractivity contribution in [3.05, 3.63) is 76.1 Å². The number of aryl methyl sites for hydroxylation is 1. The summed E-state index contributed by atoms with van der Waals surface area (Å²) in [6, 6.07) is 9.95. The Balaban J connectivity index is 1.92. The first-order valence-corrected chi connectivity index (χ1v) is 9.08. The first kappa shape index (κ1) is 21.0. The highest BCUT2D eigenvalue weighted by atomic mass is 35.5. The predicted molar refractivity (Wildman–Crippen MR) is 110 cm³/mol. The summed E-state index contributed by atoms with van der Waals surface area (Å²) in [5, 5.41) is 5.11. The average molecular weight is 430 g/mol. The summed E-state index contributed by atoms with van der Waals surface area (Å²) in [6.07, 6.45) is 0. The summed E-state index contributed by atoms with van der Waals surface area (Å²) in [5.41, 5.74) is 6.31. The van der Waals surface area contributed by atoms with Crippen LogP contribution in [-0.2, 0) is 0 Å². The van der Waals surface area contributed by atoms with Crippen molar-refractivity contribution in [3.63, 3.8) is 0 Å². The minimum absolute atomic E-state index is 0.00707. The van der Waals surface area contributed by atoms with Crippen LogP contribution in [0, 0.1) is 12.7 Å². The molecule has 0 bridgehead atoms. The van der Waals surface area contributed by atoms with Gasteiger partial charge in [0, 0.05) is 18.4 Å². The molecule has 30 heavy (non-hydrogen) atoms. The molecule has 0 aliphatic heterocycles. The maximum Gasteiger partial charge on any atom is 0.270 e. The van der Waals surface area contributed by atoms with Crippen LogP contribution in [0.2, 0.25) is 5.02 Å². The first-order valence-electron chi connectivity index (χ1n) is 8.71. The Morgan fingerprint density at radius 2 is 1.77 bits per heavy atom. The highest BCUT2D eigenvalue weighted by molar-refractivity contribution is 6.34. The third-order valence-electron chi connectivity index (χ3n) is 4.28. The van der Waals surface area contributed by atoms with Gasteiger partial charge in [0.15, 0.2) is 5.69 Å². The average Bonchev–Trinajstić information content (AvgIpc) is 3.05. The van der Waals surface area contributed by atoms with Crippen LogP contribution in [0.3, 0.4) is 0 Å². The number of halogens is 2. The number of benzene rings is 2. The Bertz CT molecular complexity index is 1160. The number of carbonyl (C=O) groups excluding carboxylic acids is 3. The third kappa shape index (κ3) is 4.01. The van der Waals surface area contributed by atoms with E-state index in [0.29, 0.717) is 17.2 Å². The van der Waals surface area contributed by atoms with E-state index in [1.54, 1.807) is 31.2 Å². The number of amides is 3. The van der Waals surface area contributed by atoms with Crippen molar-refractivity contribution in [3.8, 4) is 5.69 Å². The number of imidazole rings is 1. The van der Waals surface area contributed by atoms with E-state index in [-0.39, 0.29) is 22.0 Å². The molecule has 0 saturated carbocycles. The summed E-state index contributed by atoms with van der Waals surface area (Å²) >= 11 is 5.92. The SMILES string of the molecule is CNC(=O)c1c(C(N)=O)nc(C)n1-c1ccc(NC(=O)c2ccc(F)cc2Cl)cc1. The lowest BCUT2D eigenvalue weighted by molar-refractivity contribution is 0.0936. The second-order valence-corrected chi connectivity index (χ2v) is 6.67. The van der Waals surface area contributed by atoms with Gasteiger partial charge in [0.25, 0.3) is 17.7 Å². The van der Waals surface area contributed by atoms with Crippen molar-refractivity contribution in [2.45, 2.75) is 6.92 Å². The van der Waals surface area contributed by atoms with Crippen molar-refractivity contribution >= 4 is 35.0 Å². The molecule has 0 atom stereocenters.